The summed E-state index contributed by atoms with van der Waals surface area (Å²) in [5.74, 6) is -1.59. The molecule has 0 N–H and O–H groups in total. The Balaban J connectivity index is 2.36. The van der Waals surface area contributed by atoms with Gasteiger partial charge in [-0.1, -0.05) is 0 Å². The van der Waals surface area contributed by atoms with E-state index in [2.05, 4.69) is 36.8 Å². The summed E-state index contributed by atoms with van der Waals surface area (Å²) in [4.78, 5) is 27.5. The van der Waals surface area contributed by atoms with Gasteiger partial charge in [-0.2, -0.15) is 18.2 Å². The van der Waals surface area contributed by atoms with Gasteiger partial charge >= 0.3 is 6.18 Å². The van der Waals surface area contributed by atoms with Crippen LogP contribution in [-0.2, 0) is 15.8 Å². The maximum absolute atomic E-state index is 12.7. The van der Waals surface area contributed by atoms with Gasteiger partial charge in [0.1, 0.15) is 14.8 Å². The van der Waals surface area contributed by atoms with Crippen molar-refractivity contribution in [2.24, 2.45) is 0 Å². The topological polar surface area (TPSA) is 53.5 Å². The van der Waals surface area contributed by atoms with Crippen LogP contribution in [0, 0.1) is 0 Å². The van der Waals surface area contributed by atoms with Gasteiger partial charge in [0.15, 0.2) is 0 Å². The summed E-state index contributed by atoms with van der Waals surface area (Å²) in [7, 11) is 1.27. The zero-order valence-corrected chi connectivity index (χ0v) is 13.5. The number of halogens is 5. The summed E-state index contributed by atoms with van der Waals surface area (Å²) in [5.41, 5.74) is -0.926. The predicted molar refractivity (Wildman–Crippen MR) is 74.4 cm³/mol. The van der Waals surface area contributed by atoms with Crippen LogP contribution in [0.2, 0.25) is 0 Å². The fraction of sp³-hybridized carbons (Fsp3) is 0.182. The van der Waals surface area contributed by atoms with Crippen molar-refractivity contribution in [2.45, 2.75) is 6.18 Å². The molecule has 0 spiro atoms. The molecule has 0 fully saturated rings. The van der Waals surface area contributed by atoms with E-state index in [1.54, 1.807) is 0 Å². The van der Waals surface area contributed by atoms with E-state index in [1.807, 2.05) is 0 Å². The van der Waals surface area contributed by atoms with Crippen molar-refractivity contribution in [1.82, 2.24) is 9.99 Å². The molecule has 21 heavy (non-hydrogen) atoms. The average molecular weight is 429 g/mol. The van der Waals surface area contributed by atoms with E-state index < -0.39 is 23.6 Å². The van der Waals surface area contributed by atoms with Crippen molar-refractivity contribution in [2.75, 3.05) is 12.1 Å². The molecule has 5 nitrogen and oxygen atoms in total. The molecule has 10 heteroatoms. The summed E-state index contributed by atoms with van der Waals surface area (Å²) >= 11 is 5.86. The molecule has 0 radical (unpaired) electrons. The first kappa shape index (κ1) is 16.0. The van der Waals surface area contributed by atoms with Crippen LogP contribution in [0.3, 0.4) is 0 Å². The van der Waals surface area contributed by atoms with Crippen LogP contribution >= 0.6 is 31.9 Å². The second-order valence-electron chi connectivity index (χ2n) is 3.97. The summed E-state index contributed by atoms with van der Waals surface area (Å²) in [6, 6.07) is 1.55. The first-order chi connectivity index (χ1) is 9.64. The highest BCUT2D eigenvalue weighted by molar-refractivity contribution is 9.14. The van der Waals surface area contributed by atoms with Gasteiger partial charge in [-0.05, 0) is 44.0 Å². The number of hydrogen-bond donors (Lipinski definition) is 0. The number of hydrogen-bond acceptors (Lipinski definition) is 4. The Hall–Kier alpha value is -1.42. The van der Waals surface area contributed by atoms with E-state index in [1.165, 1.54) is 7.05 Å². The van der Waals surface area contributed by atoms with E-state index in [0.29, 0.717) is 5.01 Å². The molecule has 2 heterocycles. The second kappa shape index (κ2) is 5.41. The van der Waals surface area contributed by atoms with Gasteiger partial charge in [0.05, 0.1) is 5.56 Å². The molecule has 112 valence electrons. The molecule has 1 aliphatic rings. The molecule has 1 aromatic heterocycles. The smallest absolute Gasteiger partial charge is 0.266 e. The highest BCUT2D eigenvalue weighted by Crippen LogP contribution is 2.33. The molecule has 2 rings (SSSR count). The number of imide groups is 1. The fourth-order valence-corrected chi connectivity index (χ4v) is 2.29. The molecule has 1 aromatic rings. The van der Waals surface area contributed by atoms with Crippen LogP contribution in [-0.4, -0.2) is 28.9 Å². The van der Waals surface area contributed by atoms with Crippen molar-refractivity contribution in [3.05, 3.63) is 32.9 Å². The predicted octanol–water partition coefficient (Wildman–Crippen LogP) is 2.82. The minimum atomic E-state index is -4.54. The van der Waals surface area contributed by atoms with E-state index in [9.17, 15) is 22.8 Å². The van der Waals surface area contributed by atoms with Crippen molar-refractivity contribution in [1.29, 1.82) is 0 Å². The second-order valence-corrected chi connectivity index (χ2v) is 5.56. The highest BCUT2D eigenvalue weighted by atomic mass is 79.9. The van der Waals surface area contributed by atoms with Crippen LogP contribution in [0.25, 0.3) is 0 Å². The van der Waals surface area contributed by atoms with Gasteiger partial charge in [-0.25, -0.2) is 4.98 Å². The molecule has 0 aliphatic carbocycles. The molecule has 0 aromatic carbocycles. The van der Waals surface area contributed by atoms with Gasteiger partial charge in [0, 0.05) is 13.2 Å². The lowest BCUT2D eigenvalue weighted by Crippen LogP contribution is -2.45. The summed E-state index contributed by atoms with van der Waals surface area (Å²) < 4.78 is 38.0. The summed E-state index contributed by atoms with van der Waals surface area (Å²) in [5, 5.41) is 1.63. The Kier molecular flexibility index (Phi) is 4.11. The maximum Gasteiger partial charge on any atom is 0.416 e. The van der Waals surface area contributed by atoms with Crippen LogP contribution in [0.5, 0.6) is 0 Å². The molecule has 0 atom stereocenters. The first-order valence-corrected chi connectivity index (χ1v) is 6.94. The minimum Gasteiger partial charge on any atom is -0.266 e. The van der Waals surface area contributed by atoms with Crippen molar-refractivity contribution < 1.29 is 22.8 Å². The molecule has 0 saturated heterocycles. The third kappa shape index (κ3) is 2.82. The SMILES string of the molecule is CN(c1cc(C(F)(F)F)ccn1)N1C(=O)C(Br)=C(Br)C1=O. The summed E-state index contributed by atoms with van der Waals surface area (Å²) in [6.07, 6.45) is -3.59. The lowest BCUT2D eigenvalue weighted by molar-refractivity contribution is -0.138. The Morgan fingerprint density at radius 3 is 2.19 bits per heavy atom. The van der Waals surface area contributed by atoms with Crippen LogP contribution in [0.4, 0.5) is 19.0 Å². The van der Waals surface area contributed by atoms with E-state index >= 15 is 0 Å². The lowest BCUT2D eigenvalue weighted by atomic mass is 10.2. The minimum absolute atomic E-state index is 0.00803. The van der Waals surface area contributed by atoms with Crippen molar-refractivity contribution in [3.8, 4) is 0 Å². The molecule has 0 saturated carbocycles. The maximum atomic E-state index is 12.7. The number of rotatable bonds is 2. The zero-order chi connectivity index (χ0) is 15.9. The largest absolute Gasteiger partial charge is 0.416 e. The normalized spacial score (nSPS) is 16.0. The van der Waals surface area contributed by atoms with Crippen LogP contribution in [0.15, 0.2) is 27.3 Å². The van der Waals surface area contributed by atoms with E-state index in [0.717, 1.165) is 23.3 Å². The number of carbonyl (C=O) groups is 2. The fourth-order valence-electron chi connectivity index (χ4n) is 1.61. The number of aromatic nitrogens is 1. The Morgan fingerprint density at radius 1 is 1.19 bits per heavy atom. The van der Waals surface area contributed by atoms with Crippen LogP contribution < -0.4 is 5.01 Å². The lowest BCUT2D eigenvalue weighted by Gasteiger charge is -2.27. The number of alkyl halides is 3. The highest BCUT2D eigenvalue weighted by Gasteiger charge is 2.40. The third-order valence-electron chi connectivity index (χ3n) is 2.66. The number of amides is 2. The molecular weight excluding hydrogens is 423 g/mol. The molecule has 0 unspecified atom stereocenters. The standard InChI is InChI=1S/C11H6Br2F3N3O2/c1-18(19-9(20)7(12)8(13)10(19)21)6-4-5(2-3-17-6)11(14,15)16/h2-4H,1H3. The Morgan fingerprint density at radius 2 is 1.71 bits per heavy atom. The molecule has 0 bridgehead atoms. The third-order valence-corrected chi connectivity index (χ3v) is 4.66. The zero-order valence-electron chi connectivity index (χ0n) is 10.3. The quantitative estimate of drug-likeness (QED) is 0.680. The van der Waals surface area contributed by atoms with Gasteiger partial charge in [-0.15, -0.1) is 0 Å². The van der Waals surface area contributed by atoms with E-state index in [4.69, 9.17) is 0 Å². The van der Waals surface area contributed by atoms with Crippen molar-refractivity contribution >= 4 is 49.5 Å². The van der Waals surface area contributed by atoms with Gasteiger partial charge in [0.25, 0.3) is 11.8 Å². The number of nitrogens with zero attached hydrogens (tertiary/aromatic N) is 3. The number of hydrazine groups is 1. The number of anilines is 1. The molecule has 2 amide bonds. The Bertz CT molecular complexity index is 636. The molecular formula is C11H6Br2F3N3O2. The average Bonchev–Trinajstić information content (AvgIpc) is 2.62. The molecule has 1 aliphatic heterocycles. The van der Waals surface area contributed by atoms with Gasteiger partial charge in [0.2, 0.25) is 0 Å². The van der Waals surface area contributed by atoms with E-state index in [-0.39, 0.29) is 14.8 Å². The Labute approximate surface area is 133 Å². The van der Waals surface area contributed by atoms with Crippen molar-refractivity contribution in [3.63, 3.8) is 0 Å². The first-order valence-electron chi connectivity index (χ1n) is 5.35. The number of carbonyl (C=O) groups excluding carboxylic acids is 2. The van der Waals surface area contributed by atoms with Gasteiger partial charge < -0.3 is 0 Å². The van der Waals surface area contributed by atoms with Crippen LogP contribution in [0.1, 0.15) is 5.56 Å². The monoisotopic (exact) mass is 427 g/mol. The number of pyridine rings is 1. The van der Waals surface area contributed by atoms with Gasteiger partial charge in [-0.3, -0.25) is 14.6 Å². The summed E-state index contributed by atoms with van der Waals surface area (Å²) in [6.45, 7) is 0.